The number of rotatable bonds is 10. The molecule has 20 heteroatoms. The highest BCUT2D eigenvalue weighted by molar-refractivity contribution is 7.66. The normalized spacial score (nSPS) is 22.7. The van der Waals surface area contributed by atoms with Gasteiger partial charge >= 0.3 is 29.2 Å². The number of aromatic amines is 1. The number of ether oxygens (including phenoxy) is 1. The van der Waals surface area contributed by atoms with Gasteiger partial charge in [0.05, 0.1) is 0 Å². The van der Waals surface area contributed by atoms with E-state index in [-0.39, 0.29) is 10.8 Å². The van der Waals surface area contributed by atoms with Crippen molar-refractivity contribution in [2.24, 2.45) is 0 Å². The Morgan fingerprint density at radius 2 is 1.69 bits per heavy atom. The van der Waals surface area contributed by atoms with Crippen LogP contribution >= 0.6 is 23.5 Å². The highest BCUT2D eigenvalue weighted by Gasteiger charge is 2.44. The average Bonchev–Trinajstić information content (AvgIpc) is 2.98. The van der Waals surface area contributed by atoms with E-state index in [9.17, 15) is 33.1 Å². The quantitative estimate of drug-likeness (QED) is 0.196. The highest BCUT2D eigenvalue weighted by Crippen LogP contribution is 2.66. The lowest BCUT2D eigenvalue weighted by molar-refractivity contribution is -0.00557. The fraction of sp³-hybridized carbons (Fsp3) is 0.600. The summed E-state index contributed by atoms with van der Waals surface area (Å²) in [5.74, 6) is -0.140. The topological polar surface area (TPSA) is 233 Å². The molecule has 0 amide bonds. The van der Waals surface area contributed by atoms with Crippen LogP contribution in [-0.4, -0.2) is 50.2 Å². The van der Waals surface area contributed by atoms with Crippen LogP contribution < -0.4 is 11.2 Å². The lowest BCUT2D eigenvalue weighted by Crippen LogP contribution is -2.46. The predicted octanol–water partition coefficient (Wildman–Crippen LogP) is 1.68. The number of phosphoric ester groups is 1. The molecule has 0 saturated heterocycles. The van der Waals surface area contributed by atoms with Crippen LogP contribution in [0.3, 0.4) is 0 Å². The van der Waals surface area contributed by atoms with Gasteiger partial charge in [0.1, 0.15) is 18.5 Å². The first-order chi connectivity index (χ1) is 15.6. The molecule has 0 saturated carbocycles. The van der Waals surface area contributed by atoms with Gasteiger partial charge in [-0.25, -0.2) is 18.5 Å². The number of phosphoric acid groups is 3. The second-order valence-electron chi connectivity index (χ2n) is 8.87. The third-order valence-corrected chi connectivity index (χ3v) is 13.3. The number of nitrogens with zero attached hydrogens (tertiary/aromatic N) is 1. The Morgan fingerprint density at radius 1 is 1.09 bits per heavy atom. The Balaban J connectivity index is 2.26. The Labute approximate surface area is 200 Å². The molecular weight excluding hydrogens is 553 g/mol. The first-order valence-corrected chi connectivity index (χ1v) is 17.2. The maximum absolute atomic E-state index is 12.3. The molecule has 1 aliphatic rings. The minimum absolute atomic E-state index is 0.140. The van der Waals surface area contributed by atoms with E-state index in [0.717, 1.165) is 10.6 Å². The van der Waals surface area contributed by atoms with Crippen molar-refractivity contribution in [1.82, 2.24) is 9.55 Å². The SMILES string of the molecule is CC(C)(C)[Si](C)(C)O[C@@H]1C=C(COP(=O)(O)OP(=O)(O)OP(=O)(O)O)O[C@H]1n1ccc(=O)[nH]c1=O. The summed E-state index contributed by atoms with van der Waals surface area (Å²) in [6, 6.07) is 1.08. The van der Waals surface area contributed by atoms with Gasteiger partial charge in [-0.3, -0.25) is 18.9 Å². The fourth-order valence-electron chi connectivity index (χ4n) is 2.51. The van der Waals surface area contributed by atoms with Gasteiger partial charge in [0, 0.05) is 12.3 Å². The second kappa shape index (κ2) is 10.3. The molecule has 0 bridgehead atoms. The predicted molar refractivity (Wildman–Crippen MR) is 121 cm³/mol. The summed E-state index contributed by atoms with van der Waals surface area (Å²) in [4.78, 5) is 61.9. The summed E-state index contributed by atoms with van der Waals surface area (Å²) in [6.45, 7) is 8.92. The third kappa shape index (κ3) is 8.70. The van der Waals surface area contributed by atoms with Crippen LogP contribution in [0.5, 0.6) is 0 Å². The molecule has 4 atom stereocenters. The number of hydrogen-bond donors (Lipinski definition) is 5. The van der Waals surface area contributed by atoms with Gasteiger partial charge in [-0.05, 0) is 24.2 Å². The van der Waals surface area contributed by atoms with Crippen LogP contribution in [0.4, 0.5) is 0 Å². The molecule has 1 aliphatic heterocycles. The minimum atomic E-state index is -5.69. The summed E-state index contributed by atoms with van der Waals surface area (Å²) < 4.78 is 59.1. The lowest BCUT2D eigenvalue weighted by atomic mass is 10.2. The van der Waals surface area contributed by atoms with Crippen LogP contribution in [-0.2, 0) is 36.0 Å². The van der Waals surface area contributed by atoms with Gasteiger partial charge < -0.3 is 28.7 Å². The molecule has 0 aliphatic carbocycles. The lowest BCUT2D eigenvalue weighted by Gasteiger charge is -2.39. The van der Waals surface area contributed by atoms with E-state index >= 15 is 0 Å². The van der Waals surface area contributed by atoms with E-state index in [1.807, 2.05) is 33.9 Å². The molecule has 0 fully saturated rings. The first-order valence-electron chi connectivity index (χ1n) is 9.76. The monoisotopic (exact) mass is 580 g/mol. The van der Waals surface area contributed by atoms with E-state index in [4.69, 9.17) is 18.9 Å². The Kier molecular flexibility index (Phi) is 8.83. The van der Waals surface area contributed by atoms with Gasteiger partial charge in [-0.15, -0.1) is 0 Å². The van der Waals surface area contributed by atoms with Crippen molar-refractivity contribution in [1.29, 1.82) is 0 Å². The molecule has 0 radical (unpaired) electrons. The Bertz CT molecular complexity index is 1230. The van der Waals surface area contributed by atoms with Crippen LogP contribution in [0.15, 0.2) is 33.7 Å². The molecule has 1 aromatic heterocycles. The smallest absolute Gasteiger partial charge is 0.469 e. The molecule has 35 heavy (non-hydrogen) atoms. The maximum Gasteiger partial charge on any atom is 0.490 e. The van der Waals surface area contributed by atoms with Crippen LogP contribution in [0.25, 0.3) is 0 Å². The van der Waals surface area contributed by atoms with E-state index in [1.165, 1.54) is 12.3 Å². The van der Waals surface area contributed by atoms with Crippen molar-refractivity contribution in [2.45, 2.75) is 51.2 Å². The largest absolute Gasteiger partial charge is 0.490 e. The molecule has 0 spiro atoms. The number of hydrogen-bond acceptors (Lipinski definition) is 10. The zero-order valence-corrected chi connectivity index (χ0v) is 22.9. The standard InChI is InChI=1S/C15H27N2O14P3Si/c1-15(2,3)35(4,5)29-11-8-10(28-13(11)17-7-6-12(18)16-14(17)19)9-27-33(23,24)31-34(25,26)30-32(20,21)22/h6-8,11,13H,9H2,1-5H3,(H,23,24)(H,25,26)(H,16,18,19)(H2,20,21,22)/t11-,13-/m1/s1. The average molecular weight is 580 g/mol. The van der Waals surface area contributed by atoms with Crippen molar-refractivity contribution in [3.63, 3.8) is 0 Å². The van der Waals surface area contributed by atoms with Gasteiger partial charge in [-0.2, -0.15) is 8.62 Å². The molecular formula is C15H27N2O14P3Si. The molecule has 16 nitrogen and oxygen atoms in total. The van der Waals surface area contributed by atoms with Crippen molar-refractivity contribution in [2.75, 3.05) is 6.61 Å². The number of nitrogens with one attached hydrogen (secondary N) is 1. The molecule has 200 valence electrons. The van der Waals surface area contributed by atoms with Gasteiger partial charge in [0.2, 0.25) is 6.23 Å². The van der Waals surface area contributed by atoms with E-state index in [0.29, 0.717) is 0 Å². The zero-order chi connectivity index (χ0) is 27.0. The molecule has 2 unspecified atom stereocenters. The fourth-order valence-corrected chi connectivity index (χ4v) is 6.71. The summed E-state index contributed by atoms with van der Waals surface area (Å²) in [5, 5.41) is -0.254. The van der Waals surface area contributed by atoms with Crippen molar-refractivity contribution >= 4 is 31.8 Å². The first kappa shape index (κ1) is 30.0. The number of aromatic nitrogens is 2. The Morgan fingerprint density at radius 3 is 2.20 bits per heavy atom. The van der Waals surface area contributed by atoms with E-state index < -0.39 is 62.0 Å². The van der Waals surface area contributed by atoms with Crippen LogP contribution in [0, 0.1) is 0 Å². The molecule has 2 rings (SSSR count). The van der Waals surface area contributed by atoms with Crippen molar-refractivity contribution in [3.05, 3.63) is 44.9 Å². The third-order valence-electron chi connectivity index (χ3n) is 5.05. The van der Waals surface area contributed by atoms with Crippen LogP contribution in [0.1, 0.15) is 27.0 Å². The highest BCUT2D eigenvalue weighted by atomic mass is 31.3. The van der Waals surface area contributed by atoms with Crippen molar-refractivity contribution < 1.29 is 55.6 Å². The van der Waals surface area contributed by atoms with Crippen molar-refractivity contribution in [3.8, 4) is 0 Å². The summed E-state index contributed by atoms with van der Waals surface area (Å²) >= 11 is 0. The molecule has 2 heterocycles. The second-order valence-corrected chi connectivity index (χ2v) is 18.0. The van der Waals surface area contributed by atoms with E-state index in [2.05, 4.69) is 18.1 Å². The number of H-pyrrole nitrogens is 1. The zero-order valence-electron chi connectivity index (χ0n) is 19.3. The van der Waals surface area contributed by atoms with Gasteiger partial charge in [0.25, 0.3) is 5.56 Å². The minimum Gasteiger partial charge on any atom is -0.469 e. The van der Waals surface area contributed by atoms with Crippen LogP contribution in [0.2, 0.25) is 18.1 Å². The molecule has 1 aromatic rings. The van der Waals surface area contributed by atoms with E-state index in [1.54, 1.807) is 0 Å². The summed E-state index contributed by atoms with van der Waals surface area (Å²) in [6.07, 6.45) is 0.479. The Hall–Kier alpha value is -1.19. The molecule has 5 N–H and O–H groups in total. The maximum atomic E-state index is 12.3. The summed E-state index contributed by atoms with van der Waals surface area (Å²) in [7, 11) is -19.1. The van der Waals surface area contributed by atoms with Gasteiger partial charge in [-0.1, -0.05) is 20.8 Å². The summed E-state index contributed by atoms with van der Waals surface area (Å²) in [5.41, 5.74) is -1.46. The van der Waals surface area contributed by atoms with Gasteiger partial charge in [0.15, 0.2) is 8.32 Å². The molecule has 0 aromatic carbocycles.